The van der Waals surface area contributed by atoms with Crippen LogP contribution in [0.5, 0.6) is 0 Å². The third kappa shape index (κ3) is 2.04. The Kier molecular flexibility index (Phi) is 2.91. The van der Waals surface area contributed by atoms with E-state index in [9.17, 15) is 9.59 Å². The highest BCUT2D eigenvalue weighted by Gasteiger charge is 2.28. The summed E-state index contributed by atoms with van der Waals surface area (Å²) >= 11 is 0. The third-order valence-electron chi connectivity index (χ3n) is 2.39. The SMILES string of the molecule is N#CC1=C[C@H](n2ccc(=O)[nH]c2=O)O[C@@H]1CO. The van der Waals surface area contributed by atoms with E-state index < -0.39 is 23.6 Å². The average molecular weight is 235 g/mol. The molecule has 2 rings (SSSR count). The number of nitrogens with zero attached hydrogens (tertiary/aromatic N) is 2. The Balaban J connectivity index is 2.38. The van der Waals surface area contributed by atoms with Gasteiger partial charge >= 0.3 is 5.69 Å². The molecule has 1 aliphatic rings. The van der Waals surface area contributed by atoms with Crippen LogP contribution in [0.25, 0.3) is 0 Å². The first kappa shape index (κ1) is 11.3. The van der Waals surface area contributed by atoms with Crippen molar-refractivity contribution in [2.75, 3.05) is 6.61 Å². The van der Waals surface area contributed by atoms with Gasteiger partial charge in [-0.15, -0.1) is 0 Å². The van der Waals surface area contributed by atoms with Crippen LogP contribution in [-0.4, -0.2) is 27.4 Å². The first-order valence-corrected chi connectivity index (χ1v) is 4.85. The number of rotatable bonds is 2. The molecule has 2 heterocycles. The van der Waals surface area contributed by atoms with E-state index in [0.717, 1.165) is 4.57 Å². The summed E-state index contributed by atoms with van der Waals surface area (Å²) in [7, 11) is 0. The molecule has 0 unspecified atom stereocenters. The van der Waals surface area contributed by atoms with Gasteiger partial charge in [0.1, 0.15) is 6.10 Å². The zero-order chi connectivity index (χ0) is 12.4. The fraction of sp³-hybridized carbons (Fsp3) is 0.300. The Morgan fingerprint density at radius 2 is 2.35 bits per heavy atom. The second-order valence-corrected chi connectivity index (χ2v) is 3.45. The van der Waals surface area contributed by atoms with Gasteiger partial charge in [-0.1, -0.05) is 0 Å². The van der Waals surface area contributed by atoms with E-state index in [1.807, 2.05) is 6.07 Å². The maximum atomic E-state index is 11.5. The Bertz CT molecular complexity index is 607. The molecular formula is C10H9N3O4. The van der Waals surface area contributed by atoms with E-state index in [2.05, 4.69) is 4.98 Å². The lowest BCUT2D eigenvalue weighted by atomic mass is 10.2. The Hall–Kier alpha value is -2.17. The number of ether oxygens (including phenoxy) is 1. The summed E-state index contributed by atoms with van der Waals surface area (Å²) in [6.07, 6.45) is 1.19. The number of nitrogens with one attached hydrogen (secondary N) is 1. The fourth-order valence-corrected chi connectivity index (χ4v) is 1.57. The van der Waals surface area contributed by atoms with Crippen molar-refractivity contribution in [3.63, 3.8) is 0 Å². The van der Waals surface area contributed by atoms with E-state index >= 15 is 0 Å². The summed E-state index contributed by atoms with van der Waals surface area (Å²) in [6, 6.07) is 3.06. The molecule has 0 saturated carbocycles. The van der Waals surface area contributed by atoms with Crippen molar-refractivity contribution in [1.29, 1.82) is 5.26 Å². The van der Waals surface area contributed by atoms with E-state index in [1.165, 1.54) is 18.3 Å². The molecule has 0 spiro atoms. The van der Waals surface area contributed by atoms with Crippen molar-refractivity contribution >= 4 is 0 Å². The van der Waals surface area contributed by atoms with Crippen LogP contribution >= 0.6 is 0 Å². The molecule has 0 fully saturated rings. The summed E-state index contributed by atoms with van der Waals surface area (Å²) in [4.78, 5) is 24.4. The summed E-state index contributed by atoms with van der Waals surface area (Å²) < 4.78 is 6.43. The van der Waals surface area contributed by atoms with E-state index in [4.69, 9.17) is 15.1 Å². The number of nitriles is 1. The van der Waals surface area contributed by atoms with Gasteiger partial charge in [-0.2, -0.15) is 5.26 Å². The molecule has 0 bridgehead atoms. The molecule has 88 valence electrons. The van der Waals surface area contributed by atoms with Gasteiger partial charge in [0.15, 0.2) is 6.23 Å². The summed E-state index contributed by atoms with van der Waals surface area (Å²) in [5.41, 5.74) is -0.877. The van der Waals surface area contributed by atoms with Crippen molar-refractivity contribution in [2.45, 2.75) is 12.3 Å². The molecule has 0 amide bonds. The zero-order valence-electron chi connectivity index (χ0n) is 8.66. The lowest BCUT2D eigenvalue weighted by Gasteiger charge is -2.14. The van der Waals surface area contributed by atoms with Crippen LogP contribution in [0.4, 0.5) is 0 Å². The summed E-state index contributed by atoms with van der Waals surface area (Å²) in [6.45, 7) is -0.339. The van der Waals surface area contributed by atoms with Crippen LogP contribution in [0.15, 0.2) is 33.5 Å². The molecule has 0 aliphatic carbocycles. The summed E-state index contributed by atoms with van der Waals surface area (Å²) in [5.74, 6) is 0. The highest BCUT2D eigenvalue weighted by atomic mass is 16.5. The first-order valence-electron chi connectivity index (χ1n) is 4.85. The quantitative estimate of drug-likeness (QED) is 0.674. The van der Waals surface area contributed by atoms with Gasteiger partial charge in [-0.25, -0.2) is 4.79 Å². The minimum Gasteiger partial charge on any atom is -0.393 e. The molecule has 0 aromatic carbocycles. The largest absolute Gasteiger partial charge is 0.393 e. The second kappa shape index (κ2) is 4.37. The van der Waals surface area contributed by atoms with Crippen molar-refractivity contribution in [3.05, 3.63) is 44.8 Å². The predicted molar refractivity (Wildman–Crippen MR) is 56.0 cm³/mol. The molecule has 2 atom stereocenters. The number of aliphatic hydroxyl groups is 1. The topological polar surface area (TPSA) is 108 Å². The van der Waals surface area contributed by atoms with E-state index in [0.29, 0.717) is 0 Å². The number of aromatic amines is 1. The lowest BCUT2D eigenvalue weighted by molar-refractivity contribution is -0.0126. The number of aliphatic hydroxyl groups excluding tert-OH is 1. The fourth-order valence-electron chi connectivity index (χ4n) is 1.57. The smallest absolute Gasteiger partial charge is 0.330 e. The number of hydrogen-bond donors (Lipinski definition) is 2. The maximum absolute atomic E-state index is 11.5. The third-order valence-corrected chi connectivity index (χ3v) is 2.39. The van der Waals surface area contributed by atoms with Crippen LogP contribution in [-0.2, 0) is 4.74 Å². The molecule has 2 N–H and O–H groups in total. The molecule has 1 aromatic rings. The molecule has 7 heteroatoms. The van der Waals surface area contributed by atoms with Gasteiger partial charge in [0, 0.05) is 12.3 Å². The first-order chi connectivity index (χ1) is 8.15. The number of hydrogen-bond acceptors (Lipinski definition) is 5. The predicted octanol–water partition coefficient (Wildman–Crippen LogP) is -1.12. The Morgan fingerprint density at radius 3 is 2.88 bits per heavy atom. The minimum absolute atomic E-state index is 0.260. The number of H-pyrrole nitrogens is 1. The second-order valence-electron chi connectivity index (χ2n) is 3.45. The average Bonchev–Trinajstić information content (AvgIpc) is 2.72. The van der Waals surface area contributed by atoms with E-state index in [-0.39, 0.29) is 12.2 Å². The lowest BCUT2D eigenvalue weighted by Crippen LogP contribution is -2.32. The summed E-state index contributed by atoms with van der Waals surface area (Å²) in [5, 5.41) is 17.8. The van der Waals surface area contributed by atoms with Crippen LogP contribution in [0.1, 0.15) is 6.23 Å². The normalized spacial score (nSPS) is 23.2. The van der Waals surface area contributed by atoms with Gasteiger partial charge < -0.3 is 9.84 Å². The molecule has 17 heavy (non-hydrogen) atoms. The zero-order valence-corrected chi connectivity index (χ0v) is 8.66. The molecule has 1 aromatic heterocycles. The van der Waals surface area contributed by atoms with E-state index in [1.54, 1.807) is 0 Å². The van der Waals surface area contributed by atoms with Crippen LogP contribution < -0.4 is 11.2 Å². The van der Waals surface area contributed by atoms with Gasteiger partial charge in [-0.05, 0) is 6.08 Å². The highest BCUT2D eigenvalue weighted by Crippen LogP contribution is 2.24. The molecule has 0 saturated heterocycles. The molecular weight excluding hydrogens is 226 g/mol. The van der Waals surface area contributed by atoms with Gasteiger partial charge in [-0.3, -0.25) is 14.3 Å². The Morgan fingerprint density at radius 1 is 1.59 bits per heavy atom. The minimum atomic E-state index is -0.786. The molecule has 7 nitrogen and oxygen atoms in total. The molecule has 0 radical (unpaired) electrons. The van der Waals surface area contributed by atoms with Crippen LogP contribution in [0.3, 0.4) is 0 Å². The van der Waals surface area contributed by atoms with Gasteiger partial charge in [0.05, 0.1) is 18.2 Å². The van der Waals surface area contributed by atoms with Gasteiger partial charge in [0.25, 0.3) is 5.56 Å². The maximum Gasteiger partial charge on any atom is 0.330 e. The van der Waals surface area contributed by atoms with Crippen LogP contribution in [0, 0.1) is 11.3 Å². The van der Waals surface area contributed by atoms with Crippen molar-refractivity contribution in [1.82, 2.24) is 9.55 Å². The van der Waals surface area contributed by atoms with Crippen LogP contribution in [0.2, 0.25) is 0 Å². The van der Waals surface area contributed by atoms with Crippen molar-refractivity contribution in [2.24, 2.45) is 0 Å². The number of aromatic nitrogens is 2. The highest BCUT2D eigenvalue weighted by molar-refractivity contribution is 5.29. The standard InChI is InChI=1S/C10H9N3O4/c11-4-6-3-9(17-7(6)5-14)13-2-1-8(15)12-10(13)16/h1-3,7,9,14H,5H2,(H,12,15,16)/t7-,9-/m1/s1. The van der Waals surface area contributed by atoms with Crippen molar-refractivity contribution in [3.8, 4) is 6.07 Å². The van der Waals surface area contributed by atoms with Gasteiger partial charge in [0.2, 0.25) is 0 Å². The Labute approximate surface area is 95.2 Å². The molecule has 1 aliphatic heterocycles. The van der Waals surface area contributed by atoms with Crippen molar-refractivity contribution < 1.29 is 9.84 Å². The monoisotopic (exact) mass is 235 g/mol.